The third kappa shape index (κ3) is 2.93. The van der Waals surface area contributed by atoms with Crippen molar-refractivity contribution in [3.05, 3.63) is 29.7 Å². The smallest absolute Gasteiger partial charge is 0.253 e. The molecule has 3 atom stereocenters. The normalized spacial score (nSPS) is 33.1. The molecule has 2 aromatic rings. The second-order valence-corrected chi connectivity index (χ2v) is 7.74. The summed E-state index contributed by atoms with van der Waals surface area (Å²) in [7, 11) is 0. The molecule has 6 rings (SSSR count). The summed E-state index contributed by atoms with van der Waals surface area (Å²) in [6.45, 7) is 5.55. The van der Waals surface area contributed by atoms with Gasteiger partial charge >= 0.3 is 0 Å². The van der Waals surface area contributed by atoms with Crippen LogP contribution < -0.4 is 5.32 Å². The summed E-state index contributed by atoms with van der Waals surface area (Å²) in [6.07, 6.45) is 3.53. The maximum atomic E-state index is 12.9. The summed E-state index contributed by atoms with van der Waals surface area (Å²) in [5, 5.41) is 3.26. The number of nitrogens with one attached hydrogen (secondary N) is 1. The number of piperidine rings is 3. The predicted octanol–water partition coefficient (Wildman–Crippen LogP) is 3.20. The lowest BCUT2D eigenvalue weighted by Crippen LogP contribution is -2.57. The number of aromatic nitrogens is 1. The number of halogens is 1. The van der Waals surface area contributed by atoms with E-state index in [1.165, 1.54) is 25.9 Å². The fraction of sp³-hybridized carbons (Fsp3) is 0.579. The van der Waals surface area contributed by atoms with Gasteiger partial charge in [0.15, 0.2) is 11.5 Å². The van der Waals surface area contributed by atoms with E-state index in [2.05, 4.69) is 22.1 Å². The topological polar surface area (TPSA) is 58.4 Å². The van der Waals surface area contributed by atoms with Gasteiger partial charge in [0.2, 0.25) is 0 Å². The van der Waals surface area contributed by atoms with Crippen LogP contribution in [-0.2, 0) is 0 Å². The van der Waals surface area contributed by atoms with Crippen LogP contribution in [0.2, 0.25) is 0 Å². The van der Waals surface area contributed by atoms with Gasteiger partial charge in [-0.3, -0.25) is 4.79 Å². The van der Waals surface area contributed by atoms with Crippen LogP contribution in [0.15, 0.2) is 22.6 Å². The molecule has 1 aliphatic carbocycles. The Balaban J connectivity index is 0.00000157. The number of amides is 1. The predicted molar refractivity (Wildman–Crippen MR) is 98.2 cm³/mol. The lowest BCUT2D eigenvalue weighted by atomic mass is 9.84. The first-order valence-electron chi connectivity index (χ1n) is 9.11. The highest BCUT2D eigenvalue weighted by Gasteiger charge is 2.39. The van der Waals surface area contributed by atoms with E-state index in [4.69, 9.17) is 4.42 Å². The molecular formula is C19H24ClN3O2. The maximum absolute atomic E-state index is 12.9. The Kier molecular flexibility index (Phi) is 4.24. The van der Waals surface area contributed by atoms with Crippen molar-refractivity contribution in [1.29, 1.82) is 0 Å². The van der Waals surface area contributed by atoms with E-state index in [1.54, 1.807) is 0 Å². The van der Waals surface area contributed by atoms with E-state index in [9.17, 15) is 4.79 Å². The maximum Gasteiger partial charge on any atom is 0.253 e. The van der Waals surface area contributed by atoms with Crippen LogP contribution in [-0.4, -0.2) is 41.5 Å². The molecule has 0 spiro atoms. The fourth-order valence-corrected chi connectivity index (χ4v) is 4.35. The van der Waals surface area contributed by atoms with Gasteiger partial charge in [-0.15, -0.1) is 12.4 Å². The van der Waals surface area contributed by atoms with Crippen molar-refractivity contribution in [2.45, 2.75) is 38.1 Å². The fourth-order valence-electron chi connectivity index (χ4n) is 4.35. The van der Waals surface area contributed by atoms with Crippen molar-refractivity contribution in [2.75, 3.05) is 19.6 Å². The van der Waals surface area contributed by atoms with Crippen molar-refractivity contribution in [3.63, 3.8) is 0 Å². The van der Waals surface area contributed by atoms with Gasteiger partial charge in [0.1, 0.15) is 5.52 Å². The standard InChI is InChI=1S/C19H23N3O2.ClH/c1-11-9-14(11)19-21-17-13(3-2-4-16(17)24-19)18(23)20-15-10-22-7-5-12(15)6-8-22;/h2-4,11-12,14-15H,5-10H2,1H3,(H,20,23);1H. The Labute approximate surface area is 153 Å². The number of rotatable bonds is 3. The molecule has 0 radical (unpaired) electrons. The molecule has 1 amide bonds. The molecule has 4 aliphatic rings. The molecule has 4 heterocycles. The summed E-state index contributed by atoms with van der Waals surface area (Å²) < 4.78 is 5.89. The molecule has 2 bridgehead atoms. The summed E-state index contributed by atoms with van der Waals surface area (Å²) in [4.78, 5) is 20.0. The van der Waals surface area contributed by atoms with E-state index < -0.39 is 0 Å². The Bertz CT molecular complexity index is 797. The van der Waals surface area contributed by atoms with E-state index in [-0.39, 0.29) is 24.4 Å². The van der Waals surface area contributed by atoms with Gasteiger partial charge < -0.3 is 14.6 Å². The van der Waals surface area contributed by atoms with Gasteiger partial charge in [0, 0.05) is 18.5 Å². The quantitative estimate of drug-likeness (QED) is 0.912. The molecule has 1 aromatic carbocycles. The van der Waals surface area contributed by atoms with Gasteiger partial charge in [0.05, 0.1) is 5.56 Å². The van der Waals surface area contributed by atoms with E-state index >= 15 is 0 Å². The molecule has 1 saturated carbocycles. The first-order valence-corrected chi connectivity index (χ1v) is 9.11. The number of hydrogen-bond donors (Lipinski definition) is 1. The summed E-state index contributed by atoms with van der Waals surface area (Å²) in [5.74, 6) is 2.47. The lowest BCUT2D eigenvalue weighted by molar-refractivity contribution is 0.0621. The molecule has 1 N–H and O–H groups in total. The number of carbonyl (C=O) groups is 1. The van der Waals surface area contributed by atoms with E-state index in [0.29, 0.717) is 28.8 Å². The SMILES string of the molecule is CC1CC1c1nc2c(C(=O)NC3CN4CCC3CC4)cccc2o1.Cl. The average molecular weight is 362 g/mol. The zero-order valence-electron chi connectivity index (χ0n) is 14.4. The molecule has 6 heteroatoms. The minimum atomic E-state index is -0.0111. The minimum Gasteiger partial charge on any atom is -0.440 e. The molecule has 4 fully saturated rings. The van der Waals surface area contributed by atoms with Gasteiger partial charge in [-0.1, -0.05) is 13.0 Å². The molecule has 5 nitrogen and oxygen atoms in total. The van der Waals surface area contributed by atoms with Gasteiger partial charge in [-0.25, -0.2) is 4.98 Å². The Morgan fingerprint density at radius 1 is 1.32 bits per heavy atom. The summed E-state index contributed by atoms with van der Waals surface area (Å²) in [5.41, 5.74) is 2.09. The van der Waals surface area contributed by atoms with Gasteiger partial charge in [-0.2, -0.15) is 0 Å². The first kappa shape index (κ1) is 16.9. The highest BCUT2D eigenvalue weighted by Crippen LogP contribution is 2.47. The van der Waals surface area contributed by atoms with Crippen LogP contribution in [0.3, 0.4) is 0 Å². The van der Waals surface area contributed by atoms with Crippen molar-refractivity contribution in [2.24, 2.45) is 11.8 Å². The van der Waals surface area contributed by atoms with Crippen molar-refractivity contribution in [3.8, 4) is 0 Å². The average Bonchev–Trinajstić information content (AvgIpc) is 3.18. The number of oxazole rings is 1. The van der Waals surface area contributed by atoms with Crippen LogP contribution in [0.5, 0.6) is 0 Å². The second-order valence-electron chi connectivity index (χ2n) is 7.74. The third-order valence-corrected chi connectivity index (χ3v) is 6.08. The number of carbonyl (C=O) groups excluding carboxylic acids is 1. The minimum absolute atomic E-state index is 0. The molecule has 3 unspecified atom stereocenters. The molecule has 25 heavy (non-hydrogen) atoms. The number of para-hydroxylation sites is 1. The van der Waals surface area contributed by atoms with Crippen LogP contribution in [0.4, 0.5) is 0 Å². The summed E-state index contributed by atoms with van der Waals surface area (Å²) in [6, 6.07) is 5.93. The Hall–Kier alpha value is -1.59. The first-order chi connectivity index (χ1) is 11.7. The highest BCUT2D eigenvalue weighted by atomic mass is 35.5. The largest absolute Gasteiger partial charge is 0.440 e. The number of fused-ring (bicyclic) bond motifs is 4. The van der Waals surface area contributed by atoms with Crippen LogP contribution >= 0.6 is 12.4 Å². The Morgan fingerprint density at radius 2 is 2.08 bits per heavy atom. The number of nitrogens with zero attached hydrogens (tertiary/aromatic N) is 2. The van der Waals surface area contributed by atoms with Crippen molar-refractivity contribution in [1.82, 2.24) is 15.2 Å². The zero-order valence-corrected chi connectivity index (χ0v) is 15.2. The zero-order chi connectivity index (χ0) is 16.3. The van der Waals surface area contributed by atoms with Gasteiger partial charge in [-0.05, 0) is 56.3 Å². The van der Waals surface area contributed by atoms with Crippen molar-refractivity contribution < 1.29 is 9.21 Å². The highest BCUT2D eigenvalue weighted by molar-refractivity contribution is 6.04. The molecule has 134 valence electrons. The lowest BCUT2D eigenvalue weighted by Gasteiger charge is -2.44. The number of hydrogen-bond acceptors (Lipinski definition) is 4. The van der Waals surface area contributed by atoms with Gasteiger partial charge in [0.25, 0.3) is 5.91 Å². The molecule has 1 aromatic heterocycles. The summed E-state index contributed by atoms with van der Waals surface area (Å²) >= 11 is 0. The third-order valence-electron chi connectivity index (χ3n) is 6.08. The Morgan fingerprint density at radius 3 is 2.72 bits per heavy atom. The molecule has 3 aliphatic heterocycles. The van der Waals surface area contributed by atoms with Crippen LogP contribution in [0.25, 0.3) is 11.1 Å². The van der Waals surface area contributed by atoms with E-state index in [0.717, 1.165) is 24.4 Å². The van der Waals surface area contributed by atoms with Crippen LogP contribution in [0, 0.1) is 11.8 Å². The van der Waals surface area contributed by atoms with Crippen LogP contribution in [0.1, 0.15) is 48.4 Å². The molecule has 3 saturated heterocycles. The van der Waals surface area contributed by atoms with Crippen molar-refractivity contribution >= 4 is 29.4 Å². The van der Waals surface area contributed by atoms with E-state index in [1.807, 2.05) is 18.2 Å². The molecular weight excluding hydrogens is 338 g/mol. The second kappa shape index (κ2) is 6.29. The number of benzene rings is 1. The monoisotopic (exact) mass is 361 g/mol.